The van der Waals surface area contributed by atoms with E-state index in [9.17, 15) is 14.4 Å². The molecule has 6 heteroatoms. The first-order chi connectivity index (χ1) is 34.5. The molecule has 0 aliphatic rings. The molecule has 0 heterocycles. The monoisotopic (exact) mass is 973 g/mol. The molecule has 0 bridgehead atoms. The standard InChI is InChI=1S/C64H108O6/c1-4-7-10-13-16-18-20-22-24-25-26-27-28-29-30-31-32-33-34-35-36-37-38-39-40-42-43-45-48-51-54-57-63(66)69-60-61(59-68-62(65)56-53-50-47-15-12-9-6-3)70-64(67)58-55-52-49-46-44-41-23-21-19-17-14-11-8-5-2/h7,10,16,18,22,24,26-27,29-30,32-33,35-36,38-39,61H,4-6,8-9,11-15,17,19-21,23,25,28,31,34,37,40-60H2,1-3H3/b10-7-,18-16-,24-22-,27-26-,30-29-,33-32-,36-35-,39-38-. The van der Waals surface area contributed by atoms with Crippen LogP contribution in [0.15, 0.2) is 97.2 Å². The average Bonchev–Trinajstić information content (AvgIpc) is 3.36. The maximum Gasteiger partial charge on any atom is 0.306 e. The molecule has 0 fully saturated rings. The van der Waals surface area contributed by atoms with Gasteiger partial charge in [-0.25, -0.2) is 0 Å². The summed E-state index contributed by atoms with van der Waals surface area (Å²) in [5.74, 6) is -0.897. The third kappa shape index (κ3) is 55.3. The van der Waals surface area contributed by atoms with Crippen LogP contribution in [0.3, 0.4) is 0 Å². The highest BCUT2D eigenvalue weighted by atomic mass is 16.6. The van der Waals surface area contributed by atoms with E-state index in [1.165, 1.54) is 109 Å². The molecule has 0 spiro atoms. The van der Waals surface area contributed by atoms with E-state index in [2.05, 4.69) is 118 Å². The third-order valence-corrected chi connectivity index (χ3v) is 12.4. The van der Waals surface area contributed by atoms with Crippen molar-refractivity contribution in [1.82, 2.24) is 0 Å². The fourth-order valence-electron chi connectivity index (χ4n) is 7.99. The summed E-state index contributed by atoms with van der Waals surface area (Å²) in [4.78, 5) is 37.9. The third-order valence-electron chi connectivity index (χ3n) is 12.4. The summed E-state index contributed by atoms with van der Waals surface area (Å²) in [6, 6.07) is 0. The molecular weight excluding hydrogens is 865 g/mol. The first kappa shape index (κ1) is 66.3. The van der Waals surface area contributed by atoms with E-state index in [0.29, 0.717) is 19.3 Å². The highest BCUT2D eigenvalue weighted by Crippen LogP contribution is 2.15. The van der Waals surface area contributed by atoms with Crippen molar-refractivity contribution in [3.05, 3.63) is 97.2 Å². The quantitative estimate of drug-likeness (QED) is 0.0262. The molecule has 0 rings (SSSR count). The highest BCUT2D eigenvalue weighted by Gasteiger charge is 2.19. The van der Waals surface area contributed by atoms with Crippen molar-refractivity contribution in [2.75, 3.05) is 13.2 Å². The van der Waals surface area contributed by atoms with E-state index < -0.39 is 6.10 Å². The van der Waals surface area contributed by atoms with Crippen molar-refractivity contribution in [3.63, 3.8) is 0 Å². The molecule has 70 heavy (non-hydrogen) atoms. The van der Waals surface area contributed by atoms with Crippen LogP contribution >= 0.6 is 0 Å². The second kappa shape index (κ2) is 57.9. The molecule has 6 nitrogen and oxygen atoms in total. The molecule has 0 saturated heterocycles. The summed E-state index contributed by atoms with van der Waals surface area (Å²) in [6.45, 7) is 6.48. The van der Waals surface area contributed by atoms with E-state index in [1.54, 1.807) is 0 Å². The van der Waals surface area contributed by atoms with Gasteiger partial charge in [0.1, 0.15) is 13.2 Å². The van der Waals surface area contributed by atoms with Gasteiger partial charge in [-0.3, -0.25) is 14.4 Å². The summed E-state index contributed by atoms with van der Waals surface area (Å²) < 4.78 is 16.8. The average molecular weight is 974 g/mol. The van der Waals surface area contributed by atoms with Crippen molar-refractivity contribution < 1.29 is 28.6 Å². The Balaban J connectivity index is 4.17. The van der Waals surface area contributed by atoms with Crippen LogP contribution in [0, 0.1) is 0 Å². The number of esters is 3. The van der Waals surface area contributed by atoms with E-state index in [4.69, 9.17) is 14.2 Å². The summed E-state index contributed by atoms with van der Waals surface area (Å²) in [6.07, 6.45) is 77.1. The van der Waals surface area contributed by atoms with E-state index >= 15 is 0 Å². The van der Waals surface area contributed by atoms with Crippen molar-refractivity contribution in [3.8, 4) is 0 Å². The zero-order valence-electron chi connectivity index (χ0n) is 45.8. The van der Waals surface area contributed by atoms with Gasteiger partial charge in [-0.2, -0.15) is 0 Å². The van der Waals surface area contributed by atoms with Crippen molar-refractivity contribution in [1.29, 1.82) is 0 Å². The lowest BCUT2D eigenvalue weighted by atomic mass is 10.0. The minimum absolute atomic E-state index is 0.0793. The zero-order valence-corrected chi connectivity index (χ0v) is 45.8. The fourth-order valence-corrected chi connectivity index (χ4v) is 7.99. The molecular formula is C64H108O6. The van der Waals surface area contributed by atoms with Crippen LogP contribution in [0.25, 0.3) is 0 Å². The predicted octanol–water partition coefficient (Wildman–Crippen LogP) is 19.7. The first-order valence-electron chi connectivity index (χ1n) is 29.2. The number of hydrogen-bond donors (Lipinski definition) is 0. The topological polar surface area (TPSA) is 78.9 Å². The minimum Gasteiger partial charge on any atom is -0.462 e. The molecule has 0 saturated carbocycles. The van der Waals surface area contributed by atoms with Gasteiger partial charge in [0.2, 0.25) is 0 Å². The molecule has 1 atom stereocenters. The molecule has 0 aliphatic heterocycles. The van der Waals surface area contributed by atoms with Crippen LogP contribution < -0.4 is 0 Å². The molecule has 0 aromatic heterocycles. The van der Waals surface area contributed by atoms with Crippen molar-refractivity contribution in [2.45, 2.75) is 277 Å². The van der Waals surface area contributed by atoms with E-state index in [-0.39, 0.29) is 31.1 Å². The van der Waals surface area contributed by atoms with Crippen LogP contribution in [0.5, 0.6) is 0 Å². The van der Waals surface area contributed by atoms with Crippen LogP contribution in [0.4, 0.5) is 0 Å². The largest absolute Gasteiger partial charge is 0.462 e. The van der Waals surface area contributed by atoms with Crippen LogP contribution in [-0.2, 0) is 28.6 Å². The Morgan fingerprint density at radius 3 is 0.871 bits per heavy atom. The van der Waals surface area contributed by atoms with Gasteiger partial charge in [0.15, 0.2) is 6.10 Å². The van der Waals surface area contributed by atoms with Crippen LogP contribution in [0.1, 0.15) is 271 Å². The SMILES string of the molecule is CC/C=C\C/C=C\C/C=C\C/C=C\C/C=C\C/C=C\C/C=C\C/C=C\CCCCCCCCC(=O)OCC(COC(=O)CCCCCCCCC)OC(=O)CCCCCCCCCCCCCCCC. The minimum atomic E-state index is -0.778. The molecule has 0 radical (unpaired) electrons. The summed E-state index contributed by atoms with van der Waals surface area (Å²) in [7, 11) is 0. The molecule has 400 valence electrons. The zero-order chi connectivity index (χ0) is 50.7. The number of carbonyl (C=O) groups is 3. The normalized spacial score (nSPS) is 12.8. The molecule has 1 unspecified atom stereocenters. The molecule has 0 N–H and O–H groups in total. The Morgan fingerprint density at radius 1 is 0.300 bits per heavy atom. The van der Waals surface area contributed by atoms with Gasteiger partial charge in [0.25, 0.3) is 0 Å². The van der Waals surface area contributed by atoms with Crippen molar-refractivity contribution in [2.24, 2.45) is 0 Å². The maximum absolute atomic E-state index is 12.8. The lowest BCUT2D eigenvalue weighted by Gasteiger charge is -2.18. The fraction of sp³-hybridized carbons (Fsp3) is 0.703. The number of carbonyl (C=O) groups excluding carboxylic acids is 3. The van der Waals surface area contributed by atoms with E-state index in [1.807, 2.05) is 0 Å². The smallest absolute Gasteiger partial charge is 0.306 e. The second-order valence-corrected chi connectivity index (χ2v) is 19.2. The maximum atomic E-state index is 12.8. The van der Waals surface area contributed by atoms with Crippen molar-refractivity contribution >= 4 is 17.9 Å². The lowest BCUT2D eigenvalue weighted by Crippen LogP contribution is -2.30. The second-order valence-electron chi connectivity index (χ2n) is 19.2. The Hall–Kier alpha value is -3.67. The summed E-state index contributed by atoms with van der Waals surface area (Å²) in [5.41, 5.74) is 0. The Bertz CT molecular complexity index is 1400. The predicted molar refractivity (Wildman–Crippen MR) is 302 cm³/mol. The molecule has 0 aromatic rings. The van der Waals surface area contributed by atoms with Crippen LogP contribution in [-0.4, -0.2) is 37.2 Å². The van der Waals surface area contributed by atoms with Gasteiger partial charge in [0.05, 0.1) is 0 Å². The highest BCUT2D eigenvalue weighted by molar-refractivity contribution is 5.71. The summed E-state index contributed by atoms with van der Waals surface area (Å²) >= 11 is 0. The molecule has 0 aliphatic carbocycles. The van der Waals surface area contributed by atoms with Gasteiger partial charge < -0.3 is 14.2 Å². The van der Waals surface area contributed by atoms with Gasteiger partial charge in [-0.05, 0) is 83.5 Å². The van der Waals surface area contributed by atoms with Gasteiger partial charge in [-0.15, -0.1) is 0 Å². The number of ether oxygens (including phenoxy) is 3. The molecule has 0 aromatic carbocycles. The molecule has 0 amide bonds. The number of unbranched alkanes of at least 4 members (excludes halogenated alkanes) is 25. The van der Waals surface area contributed by atoms with Crippen LogP contribution in [0.2, 0.25) is 0 Å². The first-order valence-corrected chi connectivity index (χ1v) is 29.2. The lowest BCUT2D eigenvalue weighted by molar-refractivity contribution is -0.167. The number of allylic oxidation sites excluding steroid dienone is 16. The Labute approximate surface area is 432 Å². The van der Waals surface area contributed by atoms with Gasteiger partial charge in [-0.1, -0.05) is 266 Å². The summed E-state index contributed by atoms with van der Waals surface area (Å²) in [5, 5.41) is 0. The van der Waals surface area contributed by atoms with E-state index in [0.717, 1.165) is 122 Å². The Kier molecular flexibility index (Phi) is 54.9. The Morgan fingerprint density at radius 2 is 0.557 bits per heavy atom. The van der Waals surface area contributed by atoms with Gasteiger partial charge >= 0.3 is 17.9 Å². The number of rotatable bonds is 52. The van der Waals surface area contributed by atoms with Gasteiger partial charge in [0, 0.05) is 19.3 Å². The number of hydrogen-bond acceptors (Lipinski definition) is 6.